The van der Waals surface area contributed by atoms with Crippen molar-refractivity contribution in [2.24, 2.45) is 0 Å². The van der Waals surface area contributed by atoms with Crippen LogP contribution in [0.2, 0.25) is 0 Å². The summed E-state index contributed by atoms with van der Waals surface area (Å²) in [6.45, 7) is 11.7. The molecular weight excluding hydrogens is 1280 g/mol. The minimum absolute atomic E-state index is 0.0733. The lowest BCUT2D eigenvalue weighted by Gasteiger charge is -2.30. The Bertz CT molecular complexity index is 4570. The number of ether oxygens (including phenoxy) is 11. The lowest BCUT2D eigenvalue weighted by Crippen LogP contribution is -2.26. The van der Waals surface area contributed by atoms with Gasteiger partial charge in [0, 0.05) is 97.1 Å². The highest BCUT2D eigenvalue weighted by molar-refractivity contribution is 6.04. The smallest absolute Gasteiger partial charge is 0.308 e. The van der Waals surface area contributed by atoms with E-state index in [0.29, 0.717) is 97.3 Å². The molecule has 0 saturated heterocycles. The second-order valence-electron chi connectivity index (χ2n) is 22.5. The van der Waals surface area contributed by atoms with Crippen LogP contribution in [0.5, 0.6) is 63.2 Å². The highest BCUT2D eigenvalue weighted by Gasteiger charge is 2.33. The maximum absolute atomic E-state index is 12.7. The number of Topliss-reactive ketones (excluding diaryl/α,β-unsaturated/α-hetero) is 1. The molecule has 4 atom stereocenters. The lowest BCUT2D eigenvalue weighted by molar-refractivity contribution is -0.132. The standard InChI is InChI=1S/C19H18O6.C19H16O6.C19H14O6.C19H18O5/c3*1-11(20)24-14-5-3-13(4-6-14)17-10-23-18-9-15(25-12(2)21)7-8-16(18)19(17)22;1-12(20)23-17-6-3-14(4-7-17)16-9-15-5-8-18(24-13(2)21)10-19(15)22-11-16/h3-9,17,19,22H,10H2,1-2H3;3-9,17H,10H2,1-2H3;3-10H,1-2H3;3-8,10,16H,9,11H2,1-2H3. The van der Waals surface area contributed by atoms with Crippen LogP contribution < -0.4 is 57.5 Å². The maximum Gasteiger partial charge on any atom is 0.308 e. The molecule has 4 heterocycles. The summed E-state index contributed by atoms with van der Waals surface area (Å²) in [7, 11) is 0. The molecule has 3 aliphatic heterocycles. The summed E-state index contributed by atoms with van der Waals surface area (Å²) in [5.41, 5.74) is 6.05. The minimum Gasteiger partial charge on any atom is -0.493 e. The van der Waals surface area contributed by atoms with Crippen molar-refractivity contribution in [3.8, 4) is 74.4 Å². The fraction of sp³-hybridized carbons (Fsp3) is 0.211. The molecule has 23 heteroatoms. The van der Waals surface area contributed by atoms with Gasteiger partial charge in [-0.05, 0) is 125 Å². The third-order valence-electron chi connectivity index (χ3n) is 14.9. The number of aliphatic hydroxyl groups excluding tert-OH is 1. The number of rotatable bonds is 12. The van der Waals surface area contributed by atoms with Crippen molar-refractivity contribution >= 4 is 64.5 Å². The Morgan fingerprint density at radius 2 is 0.778 bits per heavy atom. The molecule has 0 aliphatic carbocycles. The molecule has 0 amide bonds. The van der Waals surface area contributed by atoms with Gasteiger partial charge < -0.3 is 61.6 Å². The summed E-state index contributed by atoms with van der Waals surface area (Å²) in [5, 5.41) is 11.1. The number of benzene rings is 8. The van der Waals surface area contributed by atoms with Gasteiger partial charge in [0.05, 0.1) is 41.7 Å². The van der Waals surface area contributed by atoms with Gasteiger partial charge in [0.15, 0.2) is 11.2 Å². The summed E-state index contributed by atoms with van der Waals surface area (Å²) in [5.74, 6) is 1.24. The van der Waals surface area contributed by atoms with E-state index in [1.54, 1.807) is 133 Å². The Hall–Kier alpha value is -12.2. The molecule has 12 rings (SSSR count). The van der Waals surface area contributed by atoms with E-state index in [9.17, 15) is 53.1 Å². The van der Waals surface area contributed by atoms with Crippen LogP contribution in [0.1, 0.15) is 117 Å². The van der Waals surface area contributed by atoms with E-state index in [1.165, 1.54) is 79.9 Å². The fourth-order valence-corrected chi connectivity index (χ4v) is 10.7. The molecule has 1 N–H and O–H groups in total. The van der Waals surface area contributed by atoms with E-state index in [2.05, 4.69) is 0 Å². The van der Waals surface area contributed by atoms with E-state index < -0.39 is 41.9 Å². The molecule has 4 unspecified atom stereocenters. The molecule has 3 aliphatic rings. The maximum atomic E-state index is 12.7. The van der Waals surface area contributed by atoms with Gasteiger partial charge in [0.25, 0.3) is 0 Å². The van der Waals surface area contributed by atoms with Gasteiger partial charge in [0.2, 0.25) is 0 Å². The SMILES string of the molecule is CC(=O)Oc1ccc(-c2coc3cc(OC(C)=O)ccc3c2=O)cc1.CC(=O)Oc1ccc(C2COc3cc(OC(C)=O)ccc3C2)cc1.CC(=O)Oc1ccc(C2COc3cc(OC(C)=O)ccc3C2=O)cc1.CC(=O)Oc1ccc(C2COc3cc(OC(C)=O)ccc3C2O)cc1. The monoisotopic (exact) mass is 1350 g/mol. The predicted octanol–water partition coefficient (Wildman–Crippen LogP) is 12.2. The molecule has 8 aromatic carbocycles. The third-order valence-corrected chi connectivity index (χ3v) is 14.9. The van der Waals surface area contributed by atoms with Crippen LogP contribution in [0.4, 0.5) is 0 Å². The first-order valence-corrected chi connectivity index (χ1v) is 30.8. The summed E-state index contributed by atoms with van der Waals surface area (Å²) in [6, 6.07) is 47.4. The van der Waals surface area contributed by atoms with E-state index in [4.69, 9.17) is 56.5 Å². The van der Waals surface area contributed by atoms with E-state index in [1.807, 2.05) is 18.2 Å². The van der Waals surface area contributed by atoms with Gasteiger partial charge in [-0.2, -0.15) is 0 Å². The summed E-state index contributed by atoms with van der Waals surface area (Å²) in [6.07, 6.45) is 1.43. The summed E-state index contributed by atoms with van der Waals surface area (Å²) >= 11 is 0. The highest BCUT2D eigenvalue weighted by atomic mass is 16.6. The van der Waals surface area contributed by atoms with Crippen LogP contribution in [0, 0.1) is 0 Å². The van der Waals surface area contributed by atoms with Gasteiger partial charge in [0.1, 0.15) is 81.7 Å². The molecule has 0 spiro atoms. The van der Waals surface area contributed by atoms with Gasteiger partial charge in [-0.3, -0.25) is 47.9 Å². The Labute approximate surface area is 566 Å². The molecule has 1 aromatic heterocycles. The zero-order valence-electron chi connectivity index (χ0n) is 54.8. The number of esters is 8. The molecule has 0 fully saturated rings. The van der Waals surface area contributed by atoms with E-state index in [-0.39, 0.29) is 54.2 Å². The van der Waals surface area contributed by atoms with Crippen LogP contribution in [0.25, 0.3) is 22.1 Å². The number of carbonyl (C=O) groups excluding carboxylic acids is 9. The zero-order valence-corrected chi connectivity index (χ0v) is 54.8. The van der Waals surface area contributed by atoms with E-state index in [0.717, 1.165) is 34.4 Å². The van der Waals surface area contributed by atoms with Crippen LogP contribution >= 0.6 is 0 Å². The number of aliphatic hydroxyl groups is 1. The molecule has 99 heavy (non-hydrogen) atoms. The molecule has 23 nitrogen and oxygen atoms in total. The van der Waals surface area contributed by atoms with Crippen molar-refractivity contribution in [2.75, 3.05) is 19.8 Å². The minimum atomic E-state index is -0.755. The van der Waals surface area contributed by atoms with Gasteiger partial charge in [-0.25, -0.2) is 0 Å². The zero-order chi connectivity index (χ0) is 71.0. The van der Waals surface area contributed by atoms with Crippen LogP contribution in [0.15, 0.2) is 185 Å². The second kappa shape index (κ2) is 32.5. The van der Waals surface area contributed by atoms with Crippen molar-refractivity contribution < 1.29 is 105 Å². The van der Waals surface area contributed by atoms with E-state index >= 15 is 0 Å². The number of hydrogen-bond acceptors (Lipinski definition) is 23. The Morgan fingerprint density at radius 3 is 1.29 bits per heavy atom. The Kier molecular flexibility index (Phi) is 23.3. The normalized spacial score (nSPS) is 15.2. The first-order valence-electron chi connectivity index (χ1n) is 30.8. The van der Waals surface area contributed by atoms with Gasteiger partial charge in [-0.1, -0.05) is 54.6 Å². The van der Waals surface area contributed by atoms with Crippen molar-refractivity contribution in [1.82, 2.24) is 0 Å². The number of fused-ring (bicyclic) bond motifs is 4. The third kappa shape index (κ3) is 19.5. The van der Waals surface area contributed by atoms with Crippen LogP contribution in [-0.4, -0.2) is 78.5 Å². The first kappa shape index (κ1) is 71.1. The number of carbonyl (C=O) groups is 9. The van der Waals surface area contributed by atoms with Crippen molar-refractivity contribution in [3.05, 3.63) is 220 Å². The number of ketones is 1. The van der Waals surface area contributed by atoms with Gasteiger partial charge in [-0.15, -0.1) is 0 Å². The largest absolute Gasteiger partial charge is 0.493 e. The predicted molar refractivity (Wildman–Crippen MR) is 355 cm³/mol. The quantitative estimate of drug-likeness (QED) is 0.0877. The molecular formula is C76H66O23. The average Bonchev–Trinajstić information content (AvgIpc) is 0.806. The summed E-state index contributed by atoms with van der Waals surface area (Å²) < 4.78 is 62.9. The Morgan fingerprint density at radius 1 is 0.384 bits per heavy atom. The molecule has 9 aromatic rings. The number of hydrogen-bond donors (Lipinski definition) is 1. The molecule has 508 valence electrons. The molecule has 0 bridgehead atoms. The summed E-state index contributed by atoms with van der Waals surface area (Å²) in [4.78, 5) is 113. The fourth-order valence-electron chi connectivity index (χ4n) is 10.7. The van der Waals surface area contributed by atoms with Crippen LogP contribution in [-0.2, 0) is 44.8 Å². The van der Waals surface area contributed by atoms with Crippen molar-refractivity contribution in [3.63, 3.8) is 0 Å². The molecule has 0 saturated carbocycles. The topological polar surface area (TPSA) is 306 Å². The van der Waals surface area contributed by atoms with Crippen molar-refractivity contribution in [2.45, 2.75) is 85.7 Å². The molecule has 0 radical (unpaired) electrons. The highest BCUT2D eigenvalue weighted by Crippen LogP contribution is 2.43. The lowest BCUT2D eigenvalue weighted by atomic mass is 9.87. The average molecular weight is 1350 g/mol. The second-order valence-corrected chi connectivity index (χ2v) is 22.5. The first-order chi connectivity index (χ1) is 47.3. The van der Waals surface area contributed by atoms with Gasteiger partial charge >= 0.3 is 47.8 Å². The Balaban J connectivity index is 0.000000154. The van der Waals surface area contributed by atoms with Crippen LogP contribution in [0.3, 0.4) is 0 Å². The van der Waals surface area contributed by atoms with Crippen molar-refractivity contribution in [1.29, 1.82) is 0 Å².